The van der Waals surface area contributed by atoms with Crippen LogP contribution < -0.4 is 10.6 Å². The van der Waals surface area contributed by atoms with Crippen molar-refractivity contribution in [3.8, 4) is 0 Å². The minimum absolute atomic E-state index is 0. The number of aliphatic imine (C=N–C) groups is 1. The molecule has 0 saturated carbocycles. The Morgan fingerprint density at radius 2 is 2.15 bits per heavy atom. The number of guanidine groups is 1. The molecule has 1 aliphatic rings. The summed E-state index contributed by atoms with van der Waals surface area (Å²) in [5, 5.41) is 8.08. The van der Waals surface area contributed by atoms with Gasteiger partial charge in [-0.05, 0) is 24.7 Å². The van der Waals surface area contributed by atoms with Crippen LogP contribution in [-0.4, -0.2) is 43.8 Å². The zero-order valence-electron chi connectivity index (χ0n) is 16.8. The summed E-state index contributed by atoms with van der Waals surface area (Å²) in [5.41, 5.74) is 0.172. The third-order valence-corrected chi connectivity index (χ3v) is 5.84. The predicted octanol–water partition coefficient (Wildman–Crippen LogP) is 3.87. The molecule has 0 aromatic carbocycles. The highest BCUT2D eigenvalue weighted by atomic mass is 127. The zero-order chi connectivity index (χ0) is 18.3. The Morgan fingerprint density at radius 3 is 2.77 bits per heavy atom. The van der Waals surface area contributed by atoms with E-state index in [-0.39, 0.29) is 29.4 Å². The molecule has 1 aromatic heterocycles. The quantitative estimate of drug-likeness (QED) is 0.358. The van der Waals surface area contributed by atoms with Crippen molar-refractivity contribution < 1.29 is 4.74 Å². The van der Waals surface area contributed by atoms with E-state index in [0.29, 0.717) is 12.0 Å². The molecule has 1 aromatic rings. The van der Waals surface area contributed by atoms with E-state index in [2.05, 4.69) is 48.3 Å². The van der Waals surface area contributed by atoms with Crippen LogP contribution in [0.25, 0.3) is 0 Å². The van der Waals surface area contributed by atoms with Gasteiger partial charge in [0.05, 0.1) is 11.1 Å². The summed E-state index contributed by atoms with van der Waals surface area (Å²) in [5.74, 6) is 1.39. The summed E-state index contributed by atoms with van der Waals surface area (Å²) in [6, 6.07) is 0. The number of nitrogens with one attached hydrogen (secondary N) is 2. The molecule has 0 spiro atoms. The highest BCUT2D eigenvalue weighted by molar-refractivity contribution is 14.0. The van der Waals surface area contributed by atoms with Crippen LogP contribution in [0.3, 0.4) is 0 Å². The second-order valence-electron chi connectivity index (χ2n) is 7.76. The van der Waals surface area contributed by atoms with E-state index >= 15 is 0 Å². The van der Waals surface area contributed by atoms with Crippen molar-refractivity contribution in [1.29, 1.82) is 0 Å². The maximum Gasteiger partial charge on any atom is 0.191 e. The first-order valence-electron chi connectivity index (χ1n) is 9.43. The van der Waals surface area contributed by atoms with E-state index < -0.39 is 0 Å². The van der Waals surface area contributed by atoms with Crippen molar-refractivity contribution in [1.82, 2.24) is 15.6 Å². The largest absolute Gasteiger partial charge is 0.377 e. The Morgan fingerprint density at radius 1 is 1.38 bits per heavy atom. The maximum atomic E-state index is 6.07. The van der Waals surface area contributed by atoms with Crippen molar-refractivity contribution in [3.63, 3.8) is 0 Å². The number of aryl methyl sites for hydroxylation is 1. The first kappa shape index (κ1) is 23.6. The first-order valence-corrected chi connectivity index (χ1v) is 10.3. The highest BCUT2D eigenvalue weighted by Gasteiger charge is 2.35. The van der Waals surface area contributed by atoms with Gasteiger partial charge in [0, 0.05) is 50.2 Å². The van der Waals surface area contributed by atoms with Gasteiger partial charge in [0.2, 0.25) is 0 Å². The SMILES string of the molecule is CCc1cnc(CCNC(=NC)NCC2CCCOC2C(C)(C)C)s1.I. The Labute approximate surface area is 179 Å². The fourth-order valence-corrected chi connectivity index (χ4v) is 4.23. The third kappa shape index (κ3) is 7.31. The van der Waals surface area contributed by atoms with Crippen LogP contribution in [0.5, 0.6) is 0 Å². The molecule has 5 nitrogen and oxygen atoms in total. The molecule has 0 aliphatic carbocycles. The first-order chi connectivity index (χ1) is 11.9. The summed E-state index contributed by atoms with van der Waals surface area (Å²) >= 11 is 1.80. The van der Waals surface area contributed by atoms with Gasteiger partial charge in [-0.25, -0.2) is 4.98 Å². The topological polar surface area (TPSA) is 58.5 Å². The normalized spacial score (nSPS) is 21.2. The van der Waals surface area contributed by atoms with Crippen LogP contribution in [0.1, 0.15) is 50.4 Å². The van der Waals surface area contributed by atoms with E-state index in [4.69, 9.17) is 4.74 Å². The molecule has 2 unspecified atom stereocenters. The standard InChI is InChI=1S/C19H34N4OS.HI/c1-6-15-13-22-16(25-15)9-10-21-18(20-5)23-12-14-8-7-11-24-17(14)19(2,3)4;/h13-14,17H,6-12H2,1-5H3,(H2,20,21,23);1H. The fraction of sp³-hybridized carbons (Fsp3) is 0.789. The lowest BCUT2D eigenvalue weighted by atomic mass is 9.78. The van der Waals surface area contributed by atoms with E-state index in [0.717, 1.165) is 44.9 Å². The number of rotatable bonds is 6. The van der Waals surface area contributed by atoms with Crippen LogP contribution in [0.15, 0.2) is 11.2 Å². The van der Waals surface area contributed by atoms with Gasteiger partial charge in [0.25, 0.3) is 0 Å². The summed E-state index contributed by atoms with van der Waals surface area (Å²) < 4.78 is 6.07. The summed E-state index contributed by atoms with van der Waals surface area (Å²) in [6.45, 7) is 11.6. The van der Waals surface area contributed by atoms with Crippen molar-refractivity contribution in [2.75, 3.05) is 26.7 Å². The number of hydrogen-bond acceptors (Lipinski definition) is 4. The van der Waals surface area contributed by atoms with Gasteiger partial charge in [-0.2, -0.15) is 0 Å². The molecular weight excluding hydrogens is 459 g/mol. The number of aromatic nitrogens is 1. The second kappa shape index (κ2) is 11.4. The Balaban J connectivity index is 0.00000338. The second-order valence-corrected chi connectivity index (χ2v) is 8.96. The average Bonchev–Trinajstić information content (AvgIpc) is 3.05. The molecule has 2 atom stereocenters. The Hall–Kier alpha value is -0.410. The predicted molar refractivity (Wildman–Crippen MR) is 122 cm³/mol. The lowest BCUT2D eigenvalue weighted by molar-refractivity contribution is -0.0835. The van der Waals surface area contributed by atoms with Crippen LogP contribution >= 0.6 is 35.3 Å². The van der Waals surface area contributed by atoms with Gasteiger partial charge in [0.15, 0.2) is 5.96 Å². The number of hydrogen-bond donors (Lipinski definition) is 2. The molecule has 2 heterocycles. The van der Waals surface area contributed by atoms with Crippen LogP contribution in [0, 0.1) is 11.3 Å². The van der Waals surface area contributed by atoms with Crippen molar-refractivity contribution >= 4 is 41.3 Å². The lowest BCUT2D eigenvalue weighted by Crippen LogP contribution is -2.47. The molecule has 1 fully saturated rings. The van der Waals surface area contributed by atoms with E-state index in [1.807, 2.05) is 13.2 Å². The molecule has 0 amide bonds. The van der Waals surface area contributed by atoms with Crippen LogP contribution in [0.4, 0.5) is 0 Å². The number of ether oxygens (including phenoxy) is 1. The Bertz CT molecular complexity index is 556. The molecule has 0 bridgehead atoms. The molecule has 26 heavy (non-hydrogen) atoms. The van der Waals surface area contributed by atoms with Gasteiger partial charge in [0.1, 0.15) is 0 Å². The van der Waals surface area contributed by atoms with Gasteiger partial charge >= 0.3 is 0 Å². The number of nitrogens with zero attached hydrogens (tertiary/aromatic N) is 2. The summed E-state index contributed by atoms with van der Waals surface area (Å²) in [4.78, 5) is 10.2. The van der Waals surface area contributed by atoms with Crippen LogP contribution in [0.2, 0.25) is 0 Å². The Kier molecular flexibility index (Phi) is 10.4. The monoisotopic (exact) mass is 494 g/mol. The van der Waals surface area contributed by atoms with E-state index in [1.165, 1.54) is 16.3 Å². The molecular formula is C19H35IN4OS. The molecule has 1 aliphatic heterocycles. The third-order valence-electron chi connectivity index (χ3n) is 4.63. The number of halogens is 1. The molecule has 2 rings (SSSR count). The maximum absolute atomic E-state index is 6.07. The lowest BCUT2D eigenvalue weighted by Gasteiger charge is -2.40. The molecule has 2 N–H and O–H groups in total. The van der Waals surface area contributed by atoms with Crippen molar-refractivity contribution in [2.24, 2.45) is 16.3 Å². The zero-order valence-corrected chi connectivity index (χ0v) is 19.9. The molecule has 1 saturated heterocycles. The minimum Gasteiger partial charge on any atom is -0.377 e. The molecule has 7 heteroatoms. The fourth-order valence-electron chi connectivity index (χ4n) is 3.37. The molecule has 0 radical (unpaired) electrons. The summed E-state index contributed by atoms with van der Waals surface area (Å²) in [7, 11) is 1.83. The van der Waals surface area contributed by atoms with Gasteiger partial charge < -0.3 is 15.4 Å². The number of thiazole rings is 1. The van der Waals surface area contributed by atoms with Crippen molar-refractivity contribution in [3.05, 3.63) is 16.1 Å². The van der Waals surface area contributed by atoms with E-state index in [1.54, 1.807) is 11.3 Å². The van der Waals surface area contributed by atoms with Crippen molar-refractivity contribution in [2.45, 2.75) is 59.5 Å². The highest BCUT2D eigenvalue weighted by Crippen LogP contribution is 2.33. The van der Waals surface area contributed by atoms with Gasteiger partial charge in [-0.3, -0.25) is 4.99 Å². The molecule has 150 valence electrons. The minimum atomic E-state index is 0. The smallest absolute Gasteiger partial charge is 0.191 e. The van der Waals surface area contributed by atoms with Crippen LogP contribution in [-0.2, 0) is 17.6 Å². The average molecular weight is 494 g/mol. The van der Waals surface area contributed by atoms with E-state index in [9.17, 15) is 0 Å². The summed E-state index contributed by atoms with van der Waals surface area (Å²) in [6.07, 6.45) is 6.65. The van der Waals surface area contributed by atoms with Gasteiger partial charge in [-0.15, -0.1) is 35.3 Å². The van der Waals surface area contributed by atoms with Gasteiger partial charge in [-0.1, -0.05) is 27.7 Å².